The normalized spacial score (nSPS) is 10.9. The molecule has 8 heteroatoms. The van der Waals surface area contributed by atoms with Gasteiger partial charge in [-0.15, -0.1) is 0 Å². The summed E-state index contributed by atoms with van der Waals surface area (Å²) in [4.78, 5) is 11.9. The Morgan fingerprint density at radius 1 is 1.19 bits per heavy atom. The van der Waals surface area contributed by atoms with Crippen molar-refractivity contribution >= 4 is 21.6 Å². The van der Waals surface area contributed by atoms with Gasteiger partial charge < -0.3 is 9.73 Å². The average Bonchev–Trinajstić information content (AvgIpc) is 2.99. The highest BCUT2D eigenvalue weighted by Crippen LogP contribution is 2.16. The second-order valence-electron chi connectivity index (χ2n) is 3.97. The second kappa shape index (κ2) is 5.78. The molecular formula is C13H11N3O4S. The number of amides is 1. The zero-order chi connectivity index (χ0) is 15.5. The fourth-order valence-electron chi connectivity index (χ4n) is 1.51. The Bertz CT molecular complexity index is 801. The molecule has 108 valence electrons. The third-order valence-electron chi connectivity index (χ3n) is 2.61. The molecular weight excluding hydrogens is 294 g/mol. The van der Waals surface area contributed by atoms with Crippen molar-refractivity contribution < 1.29 is 17.6 Å². The summed E-state index contributed by atoms with van der Waals surface area (Å²) in [7, 11) is -2.48. The Labute approximate surface area is 121 Å². The topological polar surface area (TPSA) is 112 Å². The zero-order valence-corrected chi connectivity index (χ0v) is 11.8. The molecule has 2 rings (SSSR count). The van der Waals surface area contributed by atoms with Crippen LogP contribution in [0.1, 0.15) is 16.1 Å². The summed E-state index contributed by atoms with van der Waals surface area (Å²) >= 11 is 0. The van der Waals surface area contributed by atoms with Crippen LogP contribution < -0.4 is 10.0 Å². The number of furan rings is 1. The van der Waals surface area contributed by atoms with Crippen LogP contribution in [0.25, 0.3) is 0 Å². The Kier molecular flexibility index (Phi) is 4.07. The first-order chi connectivity index (χ1) is 9.96. The predicted molar refractivity (Wildman–Crippen MR) is 74.1 cm³/mol. The molecule has 0 saturated carbocycles. The largest absolute Gasteiger partial charge is 0.438 e. The molecule has 0 aliphatic rings. The fourth-order valence-corrected chi connectivity index (χ4v) is 2.16. The van der Waals surface area contributed by atoms with Gasteiger partial charge in [0.05, 0.1) is 11.6 Å². The number of benzene rings is 1. The fraction of sp³-hybridized carbons (Fsp3) is 0.0769. The molecule has 0 saturated heterocycles. The summed E-state index contributed by atoms with van der Waals surface area (Å²) in [5.74, 6) is -0.717. The van der Waals surface area contributed by atoms with E-state index in [1.54, 1.807) is 24.3 Å². The lowest BCUT2D eigenvalue weighted by atomic mass is 10.2. The summed E-state index contributed by atoms with van der Waals surface area (Å²) < 4.78 is 30.1. The molecule has 0 aliphatic heterocycles. The van der Waals surface area contributed by atoms with Gasteiger partial charge in [-0.1, -0.05) is 0 Å². The standard InChI is InChI=1S/C13H11N3O4S/c1-15-21(18,19)12-7-6-11(20-12)13(17)16-10-4-2-9(8-14)3-5-10/h2-7,15H,1H3,(H,16,17). The number of carbonyl (C=O) groups is 1. The number of hydrogen-bond donors (Lipinski definition) is 2. The molecule has 1 aromatic carbocycles. The third-order valence-corrected chi connectivity index (χ3v) is 3.90. The van der Waals surface area contributed by atoms with Gasteiger partial charge in [-0.3, -0.25) is 4.79 Å². The smallest absolute Gasteiger partial charge is 0.291 e. The van der Waals surface area contributed by atoms with Crippen molar-refractivity contribution in [3.05, 3.63) is 47.7 Å². The molecule has 0 aliphatic carbocycles. The van der Waals surface area contributed by atoms with E-state index in [2.05, 4.69) is 10.0 Å². The molecule has 0 spiro atoms. The molecule has 0 bridgehead atoms. The molecule has 2 aromatic rings. The maximum Gasteiger partial charge on any atom is 0.291 e. The van der Waals surface area contributed by atoms with E-state index in [1.165, 1.54) is 19.2 Å². The molecule has 0 unspecified atom stereocenters. The Hall–Kier alpha value is -2.63. The van der Waals surface area contributed by atoms with Crippen LogP contribution in [0, 0.1) is 11.3 Å². The Morgan fingerprint density at radius 2 is 1.86 bits per heavy atom. The molecule has 1 amide bonds. The zero-order valence-electron chi connectivity index (χ0n) is 11.0. The van der Waals surface area contributed by atoms with Crippen molar-refractivity contribution in [2.75, 3.05) is 12.4 Å². The van der Waals surface area contributed by atoms with E-state index < -0.39 is 15.9 Å². The monoisotopic (exact) mass is 305 g/mol. The maximum absolute atomic E-state index is 11.9. The molecule has 7 nitrogen and oxygen atoms in total. The van der Waals surface area contributed by atoms with E-state index in [0.29, 0.717) is 11.3 Å². The first-order valence-electron chi connectivity index (χ1n) is 5.81. The van der Waals surface area contributed by atoms with E-state index >= 15 is 0 Å². The number of sulfonamides is 1. The summed E-state index contributed by atoms with van der Waals surface area (Å²) in [6.07, 6.45) is 0. The van der Waals surface area contributed by atoms with Crippen LogP contribution in [-0.2, 0) is 10.0 Å². The van der Waals surface area contributed by atoms with Crippen LogP contribution in [0.5, 0.6) is 0 Å². The van der Waals surface area contributed by atoms with Gasteiger partial charge in [0.2, 0.25) is 5.09 Å². The lowest BCUT2D eigenvalue weighted by Crippen LogP contribution is -2.18. The molecule has 0 atom stereocenters. The summed E-state index contributed by atoms with van der Waals surface area (Å²) in [6.45, 7) is 0. The Morgan fingerprint density at radius 3 is 2.43 bits per heavy atom. The van der Waals surface area contributed by atoms with Crippen LogP contribution in [0.2, 0.25) is 0 Å². The van der Waals surface area contributed by atoms with Crippen molar-refractivity contribution in [3.63, 3.8) is 0 Å². The average molecular weight is 305 g/mol. The van der Waals surface area contributed by atoms with Crippen molar-refractivity contribution in [2.45, 2.75) is 5.09 Å². The number of rotatable bonds is 4. The highest BCUT2D eigenvalue weighted by atomic mass is 32.2. The van der Waals surface area contributed by atoms with Gasteiger partial charge in [0.15, 0.2) is 5.76 Å². The van der Waals surface area contributed by atoms with Gasteiger partial charge in [-0.25, -0.2) is 13.1 Å². The summed E-state index contributed by atoms with van der Waals surface area (Å²) in [6, 6.07) is 10.6. The van der Waals surface area contributed by atoms with Gasteiger partial charge in [-0.2, -0.15) is 5.26 Å². The van der Waals surface area contributed by atoms with E-state index in [0.717, 1.165) is 0 Å². The quantitative estimate of drug-likeness (QED) is 0.884. The van der Waals surface area contributed by atoms with Gasteiger partial charge >= 0.3 is 0 Å². The third kappa shape index (κ3) is 3.28. The van der Waals surface area contributed by atoms with E-state index in [9.17, 15) is 13.2 Å². The SMILES string of the molecule is CNS(=O)(=O)c1ccc(C(=O)Nc2ccc(C#N)cc2)o1. The maximum atomic E-state index is 11.9. The number of carbonyl (C=O) groups excluding carboxylic acids is 1. The summed E-state index contributed by atoms with van der Waals surface area (Å²) in [5.41, 5.74) is 0.932. The first kappa shape index (κ1) is 14.8. The van der Waals surface area contributed by atoms with Crippen molar-refractivity contribution in [2.24, 2.45) is 0 Å². The minimum absolute atomic E-state index is 0.131. The highest BCUT2D eigenvalue weighted by molar-refractivity contribution is 7.89. The Balaban J connectivity index is 2.15. The van der Waals surface area contributed by atoms with E-state index in [-0.39, 0.29) is 10.9 Å². The lowest BCUT2D eigenvalue weighted by molar-refractivity contribution is 0.0991. The van der Waals surface area contributed by atoms with Gasteiger partial charge in [0.25, 0.3) is 15.9 Å². The number of nitrogens with zero attached hydrogens (tertiary/aromatic N) is 1. The van der Waals surface area contributed by atoms with Crippen LogP contribution in [0.15, 0.2) is 45.9 Å². The number of anilines is 1. The van der Waals surface area contributed by atoms with Gasteiger partial charge in [0, 0.05) is 5.69 Å². The number of hydrogen-bond acceptors (Lipinski definition) is 5. The minimum atomic E-state index is -3.73. The van der Waals surface area contributed by atoms with Crippen molar-refractivity contribution in [1.29, 1.82) is 5.26 Å². The lowest BCUT2D eigenvalue weighted by Gasteiger charge is -2.03. The van der Waals surface area contributed by atoms with Crippen LogP contribution in [0.4, 0.5) is 5.69 Å². The molecule has 21 heavy (non-hydrogen) atoms. The molecule has 1 aromatic heterocycles. The molecule has 1 heterocycles. The van der Waals surface area contributed by atoms with Gasteiger partial charge in [-0.05, 0) is 43.4 Å². The molecule has 0 fully saturated rings. The second-order valence-corrected chi connectivity index (χ2v) is 5.79. The van der Waals surface area contributed by atoms with Crippen LogP contribution in [0.3, 0.4) is 0 Å². The molecule has 2 N–H and O–H groups in total. The van der Waals surface area contributed by atoms with Crippen LogP contribution in [-0.4, -0.2) is 21.4 Å². The highest BCUT2D eigenvalue weighted by Gasteiger charge is 2.19. The minimum Gasteiger partial charge on any atom is -0.438 e. The van der Waals surface area contributed by atoms with Crippen molar-refractivity contribution in [1.82, 2.24) is 4.72 Å². The van der Waals surface area contributed by atoms with Crippen LogP contribution >= 0.6 is 0 Å². The number of nitrogens with one attached hydrogen (secondary N) is 2. The van der Waals surface area contributed by atoms with E-state index in [4.69, 9.17) is 9.68 Å². The molecule has 0 radical (unpaired) electrons. The number of nitriles is 1. The summed E-state index contributed by atoms with van der Waals surface area (Å²) in [5, 5.41) is 10.9. The van der Waals surface area contributed by atoms with Gasteiger partial charge in [0.1, 0.15) is 0 Å². The predicted octanol–water partition coefficient (Wildman–Crippen LogP) is 1.31. The first-order valence-corrected chi connectivity index (χ1v) is 7.29. The van der Waals surface area contributed by atoms with E-state index in [1.807, 2.05) is 6.07 Å². The van der Waals surface area contributed by atoms with Crippen molar-refractivity contribution in [3.8, 4) is 6.07 Å².